The summed E-state index contributed by atoms with van der Waals surface area (Å²) in [4.78, 5) is 0. The van der Waals surface area contributed by atoms with E-state index >= 15 is 0 Å². The van der Waals surface area contributed by atoms with Crippen LogP contribution in [-0.2, 0) is 19.1 Å². The molecule has 3 nitrogen and oxygen atoms in total. The van der Waals surface area contributed by atoms with Gasteiger partial charge in [0, 0.05) is 25.6 Å². The predicted molar refractivity (Wildman–Crippen MR) is 57.5 cm³/mol. The van der Waals surface area contributed by atoms with Gasteiger partial charge in [-0.25, -0.2) is 4.68 Å². The van der Waals surface area contributed by atoms with E-state index in [1.54, 1.807) is 0 Å². The third-order valence-corrected chi connectivity index (χ3v) is 2.85. The number of rotatable bonds is 2. The molecule has 0 bridgehead atoms. The van der Waals surface area contributed by atoms with Crippen LogP contribution in [0.15, 0.2) is 24.7 Å². The van der Waals surface area contributed by atoms with Crippen LogP contribution in [0.2, 0.25) is 0 Å². The Morgan fingerprint density at radius 2 is 1.59 bits per heavy atom. The highest BCUT2D eigenvalue weighted by Crippen LogP contribution is 2.50. The highest BCUT2D eigenvalue weighted by Gasteiger charge is 2.63. The number of hydrogen-bond donors (Lipinski definition) is 0. The van der Waals surface area contributed by atoms with Crippen molar-refractivity contribution < 1.29 is 35.1 Å². The van der Waals surface area contributed by atoms with Crippen molar-refractivity contribution in [1.82, 2.24) is 14.3 Å². The fourth-order valence-corrected chi connectivity index (χ4v) is 1.95. The molecule has 0 unspecified atom stereocenters. The zero-order chi connectivity index (χ0) is 16.9. The highest BCUT2D eigenvalue weighted by atomic mass is 19.4. The van der Waals surface area contributed by atoms with Crippen LogP contribution >= 0.6 is 0 Å². The van der Waals surface area contributed by atoms with Crippen molar-refractivity contribution in [1.29, 1.82) is 0 Å². The van der Waals surface area contributed by atoms with Crippen LogP contribution in [-0.4, -0.2) is 20.5 Å². The molecule has 2 heterocycles. The molecule has 11 heteroatoms. The van der Waals surface area contributed by atoms with Gasteiger partial charge in [0.1, 0.15) is 5.82 Å². The molecule has 0 radical (unpaired) electrons. The molecular weight excluding hydrogens is 326 g/mol. The maximum absolute atomic E-state index is 13.6. The molecule has 0 spiro atoms. The van der Waals surface area contributed by atoms with Crippen molar-refractivity contribution >= 4 is 0 Å². The van der Waals surface area contributed by atoms with Crippen molar-refractivity contribution in [3.05, 3.63) is 35.8 Å². The quantitative estimate of drug-likeness (QED) is 0.765. The summed E-state index contributed by atoms with van der Waals surface area (Å²) in [6.45, 7) is 0. The minimum absolute atomic E-state index is 0.173. The van der Waals surface area contributed by atoms with Crippen LogP contribution in [0.5, 0.6) is 0 Å². The summed E-state index contributed by atoms with van der Waals surface area (Å²) in [6.07, 6.45) is -9.39. The van der Waals surface area contributed by atoms with Gasteiger partial charge in [-0.3, -0.25) is 0 Å². The summed E-state index contributed by atoms with van der Waals surface area (Å²) in [7, 11) is 0.919. The van der Waals surface area contributed by atoms with Crippen LogP contribution in [0.1, 0.15) is 11.1 Å². The summed E-state index contributed by atoms with van der Waals surface area (Å²) in [5.74, 6) is -6.71. The molecule has 0 saturated carbocycles. The number of aryl methyl sites for hydroxylation is 1. The lowest BCUT2D eigenvalue weighted by Gasteiger charge is -2.22. The third kappa shape index (κ3) is 2.44. The summed E-state index contributed by atoms with van der Waals surface area (Å²) in [6, 6.07) is 1.18. The van der Waals surface area contributed by atoms with Crippen LogP contribution in [0.3, 0.4) is 0 Å². The summed E-state index contributed by atoms with van der Waals surface area (Å²) < 4.78 is 105. The molecule has 0 atom stereocenters. The fourth-order valence-electron chi connectivity index (χ4n) is 1.95. The number of aromatic nitrogens is 3. The minimum Gasteiger partial charge on any atom is -0.335 e. The van der Waals surface area contributed by atoms with Gasteiger partial charge in [0.25, 0.3) is 0 Å². The number of alkyl halides is 8. The molecule has 0 aliphatic rings. The maximum atomic E-state index is 13.6. The van der Waals surface area contributed by atoms with Crippen molar-refractivity contribution in [3.8, 4) is 5.82 Å². The zero-order valence-corrected chi connectivity index (χ0v) is 10.7. The summed E-state index contributed by atoms with van der Waals surface area (Å²) in [5, 5.41) is 3.43. The molecular formula is C11H7F8N3. The van der Waals surface area contributed by atoms with E-state index < -0.39 is 35.2 Å². The lowest BCUT2D eigenvalue weighted by Crippen LogP contribution is -2.36. The standard InChI is InChI=1S/C11H7F8N3/c1-21-5-6(10(14,15)16)7(9(12,13)11(17,18)19)8(21)22-4-2-3-20-22/h2-5H,1H3. The van der Waals surface area contributed by atoms with Crippen LogP contribution in [0, 0.1) is 0 Å². The van der Waals surface area contributed by atoms with E-state index in [0.29, 0.717) is 9.25 Å². The van der Waals surface area contributed by atoms with Gasteiger partial charge in [0.2, 0.25) is 0 Å². The molecule has 0 aliphatic heterocycles. The smallest absolute Gasteiger partial charge is 0.335 e. The van der Waals surface area contributed by atoms with E-state index in [0.717, 1.165) is 19.4 Å². The Balaban J connectivity index is 2.85. The first kappa shape index (κ1) is 16.3. The maximum Gasteiger partial charge on any atom is 0.458 e. The fraction of sp³-hybridized carbons (Fsp3) is 0.364. The van der Waals surface area contributed by atoms with Crippen molar-refractivity contribution in [2.24, 2.45) is 7.05 Å². The molecule has 2 rings (SSSR count). The zero-order valence-electron chi connectivity index (χ0n) is 10.7. The molecule has 0 saturated heterocycles. The van der Waals surface area contributed by atoms with Gasteiger partial charge in [-0.2, -0.15) is 40.2 Å². The van der Waals surface area contributed by atoms with Gasteiger partial charge >= 0.3 is 18.3 Å². The normalized spacial score (nSPS) is 13.7. The lowest BCUT2D eigenvalue weighted by atomic mass is 10.1. The molecule has 2 aromatic rings. The highest BCUT2D eigenvalue weighted by molar-refractivity contribution is 5.47. The first-order valence-electron chi connectivity index (χ1n) is 5.59. The molecule has 0 aromatic carbocycles. The SMILES string of the molecule is Cn1cc(C(F)(F)F)c(C(F)(F)C(F)(F)F)c1-n1cccn1. The number of hydrogen-bond acceptors (Lipinski definition) is 1. The average molecular weight is 333 g/mol. The number of halogens is 8. The molecule has 0 aliphatic carbocycles. The molecule has 22 heavy (non-hydrogen) atoms. The second-order valence-corrected chi connectivity index (χ2v) is 4.37. The van der Waals surface area contributed by atoms with E-state index in [2.05, 4.69) is 5.10 Å². The molecule has 0 N–H and O–H groups in total. The van der Waals surface area contributed by atoms with Gasteiger partial charge in [-0.1, -0.05) is 0 Å². The average Bonchev–Trinajstić information content (AvgIpc) is 2.92. The number of nitrogens with zero attached hydrogens (tertiary/aromatic N) is 3. The first-order chi connectivity index (χ1) is 9.87. The van der Waals surface area contributed by atoms with E-state index in [1.807, 2.05) is 0 Å². The van der Waals surface area contributed by atoms with Crippen LogP contribution in [0.25, 0.3) is 5.82 Å². The topological polar surface area (TPSA) is 22.8 Å². The Hall–Kier alpha value is -2.07. The molecule has 122 valence electrons. The molecule has 0 amide bonds. The summed E-state index contributed by atoms with van der Waals surface area (Å²) >= 11 is 0. The monoisotopic (exact) mass is 333 g/mol. The van der Waals surface area contributed by atoms with Gasteiger partial charge in [-0.05, 0) is 6.07 Å². The Bertz CT molecular complexity index is 663. The van der Waals surface area contributed by atoms with Crippen molar-refractivity contribution in [2.75, 3.05) is 0 Å². The van der Waals surface area contributed by atoms with Gasteiger partial charge in [-0.15, -0.1) is 0 Å². The van der Waals surface area contributed by atoms with Crippen molar-refractivity contribution in [3.63, 3.8) is 0 Å². The van der Waals surface area contributed by atoms with Gasteiger partial charge in [0.05, 0.1) is 11.1 Å². The van der Waals surface area contributed by atoms with Gasteiger partial charge in [0.15, 0.2) is 0 Å². The minimum atomic E-state index is -6.18. The molecule has 0 fully saturated rings. The van der Waals surface area contributed by atoms with E-state index in [1.165, 1.54) is 6.07 Å². The second kappa shape index (κ2) is 4.71. The second-order valence-electron chi connectivity index (χ2n) is 4.37. The Labute approximate surface area is 117 Å². The van der Waals surface area contributed by atoms with E-state index in [4.69, 9.17) is 0 Å². The predicted octanol–water partition coefficient (Wildman–Crippen LogP) is 3.88. The van der Waals surface area contributed by atoms with E-state index in [9.17, 15) is 35.1 Å². The van der Waals surface area contributed by atoms with E-state index in [-0.39, 0.29) is 6.20 Å². The third-order valence-electron chi connectivity index (χ3n) is 2.85. The first-order valence-corrected chi connectivity index (χ1v) is 5.59. The lowest BCUT2D eigenvalue weighted by molar-refractivity contribution is -0.290. The Morgan fingerprint density at radius 3 is 2.00 bits per heavy atom. The summed E-state index contributed by atoms with van der Waals surface area (Å²) in [5.41, 5.74) is -4.25. The van der Waals surface area contributed by atoms with Crippen molar-refractivity contribution in [2.45, 2.75) is 18.3 Å². The Morgan fingerprint density at radius 1 is 1.00 bits per heavy atom. The van der Waals surface area contributed by atoms with Crippen LogP contribution in [0.4, 0.5) is 35.1 Å². The molecule has 2 aromatic heterocycles. The van der Waals surface area contributed by atoms with Gasteiger partial charge < -0.3 is 4.57 Å². The van der Waals surface area contributed by atoms with Crippen LogP contribution < -0.4 is 0 Å². The Kier molecular flexibility index (Phi) is 3.49. The largest absolute Gasteiger partial charge is 0.458 e.